The Bertz CT molecular complexity index is 3890. The lowest BCUT2D eigenvalue weighted by molar-refractivity contribution is 0.732. The fourth-order valence-electron chi connectivity index (χ4n) is 11.0. The zero-order chi connectivity index (χ0) is 46.4. The van der Waals surface area contributed by atoms with E-state index in [1.165, 1.54) is 87.7 Å². The van der Waals surface area contributed by atoms with E-state index in [1.807, 2.05) is 0 Å². The van der Waals surface area contributed by atoms with Gasteiger partial charge in [-0.15, -0.1) is 0 Å². The third kappa shape index (κ3) is 7.39. The standard InChI is InChI=1S/C68H48N2/c1-4-17-47(18-5-1)50-31-33-52(34-32-50)67-63-41-39-60(70(56-27-8-3-9-28-56)58-38-36-49-20-11-13-23-54(49)44-58)46-66(63)68(62-30-16-24-51-21-14-15-29-61(51)62)64-42-40-59(45-65(64)67)69(55-25-6-2-7-26-55)57-37-35-48-19-10-12-22-53(48)43-57/h1-43,45-46,54H,44H2. The first-order valence-corrected chi connectivity index (χ1v) is 24.3. The van der Waals surface area contributed by atoms with E-state index >= 15 is 0 Å². The SMILES string of the molecule is C1=CC2=CC=C(N(c3ccccc3)c3ccc4c(-c5ccc(-c6ccccc6)cc5)c5cc(N(c6ccccc6)c6ccc7ccccc7c6)ccc5c(-c5cccc6ccccc56)c4c3)CC2C=C1. The molecule has 13 rings (SSSR count). The maximum Gasteiger partial charge on any atom is 0.0468 e. The number of para-hydroxylation sites is 2. The fourth-order valence-corrected chi connectivity index (χ4v) is 11.0. The molecular weight excluding hydrogens is 845 g/mol. The van der Waals surface area contributed by atoms with Gasteiger partial charge in [0.25, 0.3) is 0 Å². The Morgan fingerprint density at radius 1 is 0.329 bits per heavy atom. The molecule has 0 bridgehead atoms. The second-order valence-electron chi connectivity index (χ2n) is 18.4. The molecule has 1 atom stereocenters. The highest BCUT2D eigenvalue weighted by Gasteiger charge is 2.26. The molecule has 0 saturated carbocycles. The number of hydrogen-bond donors (Lipinski definition) is 0. The largest absolute Gasteiger partial charge is 0.314 e. The average Bonchev–Trinajstić information content (AvgIpc) is 3.43. The minimum atomic E-state index is 0.330. The molecule has 0 spiro atoms. The van der Waals surface area contributed by atoms with Gasteiger partial charge in [0.15, 0.2) is 0 Å². The van der Waals surface area contributed by atoms with Crippen LogP contribution in [0.2, 0.25) is 0 Å². The molecule has 2 nitrogen and oxygen atoms in total. The predicted octanol–water partition coefficient (Wildman–Crippen LogP) is 18.9. The van der Waals surface area contributed by atoms with E-state index in [0.717, 1.165) is 34.9 Å². The third-order valence-electron chi connectivity index (χ3n) is 14.3. The summed E-state index contributed by atoms with van der Waals surface area (Å²) in [5.74, 6) is 0.330. The number of rotatable bonds is 9. The van der Waals surface area contributed by atoms with E-state index in [4.69, 9.17) is 0 Å². The molecule has 0 radical (unpaired) electrons. The minimum absolute atomic E-state index is 0.330. The van der Waals surface area contributed by atoms with Crippen LogP contribution < -0.4 is 9.80 Å². The van der Waals surface area contributed by atoms with Crippen molar-refractivity contribution < 1.29 is 0 Å². The summed E-state index contributed by atoms with van der Waals surface area (Å²) < 4.78 is 0. The van der Waals surface area contributed by atoms with Gasteiger partial charge in [-0.1, -0.05) is 206 Å². The van der Waals surface area contributed by atoms with Crippen LogP contribution in [0.25, 0.3) is 76.5 Å². The first-order chi connectivity index (χ1) is 34.7. The molecule has 0 amide bonds. The van der Waals surface area contributed by atoms with Crippen molar-refractivity contribution in [3.8, 4) is 33.4 Å². The summed E-state index contributed by atoms with van der Waals surface area (Å²) in [5.41, 5.74) is 15.4. The van der Waals surface area contributed by atoms with Crippen LogP contribution >= 0.6 is 0 Å². The van der Waals surface area contributed by atoms with Crippen molar-refractivity contribution in [1.82, 2.24) is 0 Å². The van der Waals surface area contributed by atoms with E-state index < -0.39 is 0 Å². The molecule has 330 valence electrons. The van der Waals surface area contributed by atoms with Crippen LogP contribution in [0.4, 0.5) is 28.4 Å². The number of fused-ring (bicyclic) bond motifs is 5. The second kappa shape index (κ2) is 17.6. The monoisotopic (exact) mass is 892 g/mol. The van der Waals surface area contributed by atoms with Crippen LogP contribution in [0.15, 0.2) is 284 Å². The number of nitrogens with zero attached hydrogens (tertiary/aromatic N) is 2. The Labute approximate surface area is 409 Å². The number of anilines is 5. The molecule has 1 unspecified atom stereocenters. The van der Waals surface area contributed by atoms with E-state index in [0.29, 0.717) is 5.92 Å². The van der Waals surface area contributed by atoms with Crippen LogP contribution in [0.3, 0.4) is 0 Å². The molecular formula is C68H48N2. The predicted molar refractivity (Wildman–Crippen MR) is 299 cm³/mol. The lowest BCUT2D eigenvalue weighted by Crippen LogP contribution is -2.21. The highest BCUT2D eigenvalue weighted by atomic mass is 15.2. The highest BCUT2D eigenvalue weighted by Crippen LogP contribution is 2.50. The molecule has 0 aromatic heterocycles. The van der Waals surface area contributed by atoms with E-state index in [-0.39, 0.29) is 0 Å². The van der Waals surface area contributed by atoms with Gasteiger partial charge in [-0.3, -0.25) is 0 Å². The van der Waals surface area contributed by atoms with Crippen LogP contribution in [0, 0.1) is 5.92 Å². The van der Waals surface area contributed by atoms with E-state index in [2.05, 4.69) is 283 Å². The maximum absolute atomic E-state index is 2.48. The normalized spacial score (nSPS) is 14.1. The Morgan fingerprint density at radius 2 is 0.886 bits per heavy atom. The van der Waals surface area contributed by atoms with Gasteiger partial charge in [-0.05, 0) is 155 Å². The van der Waals surface area contributed by atoms with Gasteiger partial charge < -0.3 is 9.80 Å². The summed E-state index contributed by atoms with van der Waals surface area (Å²) in [4.78, 5) is 4.89. The van der Waals surface area contributed by atoms with Gasteiger partial charge in [-0.2, -0.15) is 0 Å². The zero-order valence-corrected chi connectivity index (χ0v) is 38.7. The molecule has 2 heteroatoms. The van der Waals surface area contributed by atoms with Gasteiger partial charge in [0, 0.05) is 40.1 Å². The Kier molecular flexibility index (Phi) is 10.4. The smallest absolute Gasteiger partial charge is 0.0468 e. The van der Waals surface area contributed by atoms with E-state index in [9.17, 15) is 0 Å². The molecule has 0 N–H and O–H groups in total. The molecule has 2 aliphatic rings. The summed E-state index contributed by atoms with van der Waals surface area (Å²) in [6, 6.07) is 87.0. The van der Waals surface area contributed by atoms with Gasteiger partial charge in [0.2, 0.25) is 0 Å². The van der Waals surface area contributed by atoms with Gasteiger partial charge in [-0.25, -0.2) is 0 Å². The summed E-state index contributed by atoms with van der Waals surface area (Å²) in [5, 5.41) is 9.68. The molecule has 0 fully saturated rings. The topological polar surface area (TPSA) is 6.48 Å². The number of allylic oxidation sites excluding steroid dienone is 8. The molecule has 11 aromatic carbocycles. The van der Waals surface area contributed by atoms with Crippen LogP contribution in [0.5, 0.6) is 0 Å². The number of benzene rings is 11. The van der Waals surface area contributed by atoms with E-state index in [1.54, 1.807) is 0 Å². The van der Waals surface area contributed by atoms with Crippen molar-refractivity contribution >= 4 is 71.5 Å². The zero-order valence-electron chi connectivity index (χ0n) is 38.7. The number of hydrogen-bond acceptors (Lipinski definition) is 2. The summed E-state index contributed by atoms with van der Waals surface area (Å²) in [7, 11) is 0. The lowest BCUT2D eigenvalue weighted by atomic mass is 9.83. The summed E-state index contributed by atoms with van der Waals surface area (Å²) in [6.07, 6.45) is 14.5. The first kappa shape index (κ1) is 41.2. The molecule has 11 aromatic rings. The Balaban J connectivity index is 1.11. The summed E-state index contributed by atoms with van der Waals surface area (Å²) in [6.45, 7) is 0. The van der Waals surface area contributed by atoms with Crippen LogP contribution in [-0.4, -0.2) is 0 Å². The van der Waals surface area contributed by atoms with Crippen molar-refractivity contribution in [3.63, 3.8) is 0 Å². The van der Waals surface area contributed by atoms with Crippen LogP contribution in [0.1, 0.15) is 6.42 Å². The maximum atomic E-state index is 2.48. The Morgan fingerprint density at radius 3 is 1.64 bits per heavy atom. The van der Waals surface area contributed by atoms with Crippen molar-refractivity contribution in [2.24, 2.45) is 5.92 Å². The quantitative estimate of drug-likeness (QED) is 0.133. The van der Waals surface area contributed by atoms with Crippen molar-refractivity contribution in [2.45, 2.75) is 6.42 Å². The Hall–Kier alpha value is -8.98. The van der Waals surface area contributed by atoms with Gasteiger partial charge in [0.1, 0.15) is 0 Å². The highest BCUT2D eigenvalue weighted by molar-refractivity contribution is 6.24. The molecule has 2 aliphatic carbocycles. The van der Waals surface area contributed by atoms with Crippen molar-refractivity contribution in [1.29, 1.82) is 0 Å². The third-order valence-corrected chi connectivity index (χ3v) is 14.3. The lowest BCUT2D eigenvalue weighted by Gasteiger charge is -2.33. The molecule has 0 heterocycles. The molecule has 0 aliphatic heterocycles. The van der Waals surface area contributed by atoms with Gasteiger partial charge >= 0.3 is 0 Å². The minimum Gasteiger partial charge on any atom is -0.314 e. The first-order valence-electron chi connectivity index (χ1n) is 24.3. The van der Waals surface area contributed by atoms with Crippen molar-refractivity contribution in [3.05, 3.63) is 284 Å². The fraction of sp³-hybridized carbons (Fsp3) is 0.0294. The molecule has 70 heavy (non-hydrogen) atoms. The average molecular weight is 893 g/mol. The van der Waals surface area contributed by atoms with Crippen molar-refractivity contribution in [2.75, 3.05) is 9.80 Å². The van der Waals surface area contributed by atoms with Crippen LogP contribution in [-0.2, 0) is 0 Å². The van der Waals surface area contributed by atoms with Gasteiger partial charge in [0.05, 0.1) is 0 Å². The molecule has 0 saturated heterocycles. The summed E-state index contributed by atoms with van der Waals surface area (Å²) >= 11 is 0. The second-order valence-corrected chi connectivity index (χ2v) is 18.4.